The van der Waals surface area contributed by atoms with E-state index in [0.717, 1.165) is 12.1 Å². The van der Waals surface area contributed by atoms with Crippen LogP contribution in [0.2, 0.25) is 5.02 Å². The van der Waals surface area contributed by atoms with Crippen LogP contribution >= 0.6 is 11.6 Å². The van der Waals surface area contributed by atoms with Crippen LogP contribution in [0.5, 0.6) is 5.75 Å². The minimum absolute atomic E-state index is 0.0141. The number of ether oxygens (including phenoxy) is 1. The summed E-state index contributed by atoms with van der Waals surface area (Å²) in [5, 5.41) is 9.46. The Morgan fingerprint density at radius 3 is 2.66 bits per heavy atom. The Kier molecular flexibility index (Phi) is 8.70. The molecule has 1 saturated heterocycles. The first-order chi connectivity index (χ1) is 15.5. The molecule has 3 N–H and O–H groups in total. The van der Waals surface area contributed by atoms with Crippen molar-refractivity contribution in [2.75, 3.05) is 38.6 Å². The second-order valence-electron chi connectivity index (χ2n) is 7.81. The van der Waals surface area contributed by atoms with E-state index in [4.69, 9.17) is 16.3 Å². The maximum atomic E-state index is 12.6. The van der Waals surface area contributed by atoms with Crippen molar-refractivity contribution >= 4 is 29.2 Å². The van der Waals surface area contributed by atoms with Crippen molar-refractivity contribution in [2.45, 2.75) is 31.7 Å². The van der Waals surface area contributed by atoms with Crippen molar-refractivity contribution in [2.24, 2.45) is 0 Å². The number of carbonyl (C=O) groups excluding carboxylic acids is 2. The summed E-state index contributed by atoms with van der Waals surface area (Å²) in [5.74, 6) is 0.620. The molecule has 1 aliphatic heterocycles. The molecule has 2 unspecified atom stereocenters. The molecule has 9 heteroatoms. The molecule has 32 heavy (non-hydrogen) atoms. The molecule has 0 spiro atoms. The molecule has 0 aliphatic carbocycles. The maximum absolute atomic E-state index is 12.6. The van der Waals surface area contributed by atoms with Crippen molar-refractivity contribution in [3.05, 3.63) is 53.3 Å². The fraction of sp³-hybridized carbons (Fsp3) is 0.435. The topological polar surface area (TPSA) is 95.6 Å². The first kappa shape index (κ1) is 23.8. The van der Waals surface area contributed by atoms with Gasteiger partial charge in [0, 0.05) is 48.0 Å². The zero-order chi connectivity index (χ0) is 22.9. The number of nitrogens with zero attached hydrogens (tertiary/aromatic N) is 2. The van der Waals surface area contributed by atoms with Gasteiger partial charge in [-0.15, -0.1) is 0 Å². The van der Waals surface area contributed by atoms with Gasteiger partial charge in [-0.1, -0.05) is 18.5 Å². The highest BCUT2D eigenvalue weighted by Crippen LogP contribution is 2.27. The number of likely N-dealkylation sites (tertiary alicyclic amines) is 1. The molecule has 0 saturated carbocycles. The average molecular weight is 460 g/mol. The number of pyridine rings is 1. The van der Waals surface area contributed by atoms with E-state index in [1.807, 2.05) is 19.1 Å². The molecule has 1 fully saturated rings. The highest BCUT2D eigenvalue weighted by molar-refractivity contribution is 6.30. The van der Waals surface area contributed by atoms with Gasteiger partial charge in [-0.25, -0.2) is 4.79 Å². The lowest BCUT2D eigenvalue weighted by molar-refractivity contribution is -0.122. The largest absolute Gasteiger partial charge is 0.495 e. The monoisotopic (exact) mass is 459 g/mol. The molecule has 2 atom stereocenters. The van der Waals surface area contributed by atoms with Crippen LogP contribution < -0.4 is 20.7 Å². The van der Waals surface area contributed by atoms with Crippen LogP contribution in [-0.4, -0.2) is 61.2 Å². The molecule has 0 radical (unpaired) electrons. The van der Waals surface area contributed by atoms with Gasteiger partial charge in [-0.3, -0.25) is 14.7 Å². The number of benzene rings is 1. The van der Waals surface area contributed by atoms with Gasteiger partial charge in [0.25, 0.3) is 0 Å². The number of methoxy groups -OCH3 is 1. The van der Waals surface area contributed by atoms with Gasteiger partial charge in [0.15, 0.2) is 0 Å². The standard InChI is InChI=1S/C23H30ClN5O3/c1-3-11-25-22(30)15-29-12-10-21(19(14-29)20-9-8-18(32-2)13-26-20)28-23(31)27-17-6-4-16(24)5-7-17/h4-9,13,19,21H,3,10-12,14-15H2,1-2H3,(H,25,30)(H2,27,28,31). The third kappa shape index (κ3) is 6.83. The molecule has 1 aliphatic rings. The minimum atomic E-state index is -0.287. The van der Waals surface area contributed by atoms with E-state index in [-0.39, 0.29) is 23.9 Å². The predicted molar refractivity (Wildman–Crippen MR) is 125 cm³/mol. The second-order valence-corrected chi connectivity index (χ2v) is 8.25. The van der Waals surface area contributed by atoms with E-state index in [2.05, 4.69) is 25.8 Å². The van der Waals surface area contributed by atoms with E-state index in [1.165, 1.54) is 0 Å². The summed E-state index contributed by atoms with van der Waals surface area (Å²) in [5.41, 5.74) is 1.51. The van der Waals surface area contributed by atoms with Crippen molar-refractivity contribution < 1.29 is 14.3 Å². The molecule has 0 bridgehead atoms. The lowest BCUT2D eigenvalue weighted by atomic mass is 9.88. The molecule has 2 heterocycles. The number of amides is 3. The number of aromatic nitrogens is 1. The van der Waals surface area contributed by atoms with E-state index >= 15 is 0 Å². The Balaban J connectivity index is 1.69. The lowest BCUT2D eigenvalue weighted by Gasteiger charge is -2.38. The fourth-order valence-corrected chi connectivity index (χ4v) is 3.89. The van der Waals surface area contributed by atoms with E-state index in [1.54, 1.807) is 37.6 Å². The zero-order valence-corrected chi connectivity index (χ0v) is 19.2. The van der Waals surface area contributed by atoms with Crippen molar-refractivity contribution in [1.29, 1.82) is 0 Å². The molecule has 2 aromatic rings. The quantitative estimate of drug-likeness (QED) is 0.563. The van der Waals surface area contributed by atoms with Crippen LogP contribution in [0.3, 0.4) is 0 Å². The summed E-state index contributed by atoms with van der Waals surface area (Å²) in [7, 11) is 1.60. The van der Waals surface area contributed by atoms with Gasteiger partial charge in [0.05, 0.1) is 19.9 Å². The van der Waals surface area contributed by atoms with E-state index < -0.39 is 0 Å². The summed E-state index contributed by atoms with van der Waals surface area (Å²) >= 11 is 5.91. The Morgan fingerprint density at radius 1 is 1.22 bits per heavy atom. The zero-order valence-electron chi connectivity index (χ0n) is 18.4. The smallest absolute Gasteiger partial charge is 0.319 e. The van der Waals surface area contributed by atoms with Crippen LogP contribution in [0.1, 0.15) is 31.4 Å². The van der Waals surface area contributed by atoms with Crippen molar-refractivity contribution in [3.63, 3.8) is 0 Å². The highest BCUT2D eigenvalue weighted by Gasteiger charge is 2.33. The summed E-state index contributed by atoms with van der Waals surface area (Å²) in [4.78, 5) is 31.5. The summed E-state index contributed by atoms with van der Waals surface area (Å²) < 4.78 is 5.22. The number of hydrogen-bond donors (Lipinski definition) is 3. The third-order valence-electron chi connectivity index (χ3n) is 5.43. The Labute approximate surface area is 193 Å². The number of nitrogens with one attached hydrogen (secondary N) is 3. The number of piperidine rings is 1. The summed E-state index contributed by atoms with van der Waals surface area (Å²) in [6, 6.07) is 10.3. The number of carbonyl (C=O) groups is 2. The van der Waals surface area contributed by atoms with Crippen LogP contribution in [0, 0.1) is 0 Å². The third-order valence-corrected chi connectivity index (χ3v) is 5.68. The van der Waals surface area contributed by atoms with E-state index in [0.29, 0.717) is 49.1 Å². The molecule has 172 valence electrons. The van der Waals surface area contributed by atoms with Gasteiger partial charge in [-0.2, -0.15) is 0 Å². The van der Waals surface area contributed by atoms with Crippen LogP contribution in [0.25, 0.3) is 0 Å². The maximum Gasteiger partial charge on any atom is 0.319 e. The molecular weight excluding hydrogens is 430 g/mol. The molecular formula is C23H30ClN5O3. The molecule has 1 aromatic heterocycles. The number of urea groups is 1. The Morgan fingerprint density at radius 2 is 2.00 bits per heavy atom. The Hall–Kier alpha value is -2.84. The SMILES string of the molecule is CCCNC(=O)CN1CCC(NC(=O)Nc2ccc(Cl)cc2)C(c2ccc(OC)cn2)C1. The minimum Gasteiger partial charge on any atom is -0.495 e. The van der Waals surface area contributed by atoms with Crippen LogP contribution in [0.15, 0.2) is 42.6 Å². The molecule has 3 amide bonds. The van der Waals surface area contributed by atoms with Crippen molar-refractivity contribution in [1.82, 2.24) is 20.5 Å². The van der Waals surface area contributed by atoms with Gasteiger partial charge >= 0.3 is 6.03 Å². The normalized spacial score (nSPS) is 18.6. The van der Waals surface area contributed by atoms with Crippen LogP contribution in [-0.2, 0) is 4.79 Å². The number of hydrogen-bond acceptors (Lipinski definition) is 5. The number of anilines is 1. The lowest BCUT2D eigenvalue weighted by Crippen LogP contribution is -2.52. The summed E-state index contributed by atoms with van der Waals surface area (Å²) in [6.45, 7) is 4.35. The highest BCUT2D eigenvalue weighted by atomic mass is 35.5. The average Bonchev–Trinajstić information content (AvgIpc) is 2.80. The summed E-state index contributed by atoms with van der Waals surface area (Å²) in [6.07, 6.45) is 3.28. The van der Waals surface area contributed by atoms with Gasteiger partial charge in [0.2, 0.25) is 5.91 Å². The number of halogens is 1. The predicted octanol–water partition coefficient (Wildman–Crippen LogP) is 3.25. The van der Waals surface area contributed by atoms with Crippen molar-refractivity contribution in [3.8, 4) is 5.75 Å². The van der Waals surface area contributed by atoms with Gasteiger partial charge in [-0.05, 0) is 49.2 Å². The second kappa shape index (κ2) is 11.7. The molecule has 1 aromatic carbocycles. The fourth-order valence-electron chi connectivity index (χ4n) is 3.76. The first-order valence-corrected chi connectivity index (χ1v) is 11.2. The van der Waals surface area contributed by atoms with E-state index in [9.17, 15) is 9.59 Å². The van der Waals surface area contributed by atoms with Crippen LogP contribution in [0.4, 0.5) is 10.5 Å². The Bertz CT molecular complexity index is 892. The van der Waals surface area contributed by atoms with Gasteiger partial charge < -0.3 is 20.7 Å². The van der Waals surface area contributed by atoms with Gasteiger partial charge in [0.1, 0.15) is 5.75 Å². The number of rotatable bonds is 8. The molecule has 8 nitrogen and oxygen atoms in total. The first-order valence-electron chi connectivity index (χ1n) is 10.8. The molecule has 3 rings (SSSR count).